The number of rotatable bonds is 3. The van der Waals surface area contributed by atoms with Crippen LogP contribution in [0.15, 0.2) is 5.38 Å². The number of nitrogen functional groups attached to an aromatic ring is 1. The van der Waals surface area contributed by atoms with Gasteiger partial charge in [-0.25, -0.2) is 4.98 Å². The number of nitrogens with two attached hydrogens (primary N) is 1. The summed E-state index contributed by atoms with van der Waals surface area (Å²) in [5, 5.41) is 9.80. The quantitative estimate of drug-likeness (QED) is 0.867. The molecule has 0 unspecified atom stereocenters. The third-order valence-corrected chi connectivity index (χ3v) is 3.40. The zero-order valence-electron chi connectivity index (χ0n) is 10.5. The largest absolute Gasteiger partial charge is 0.395 e. The monoisotopic (exact) mass is 265 g/mol. The SMILES string of the molecule is Cc1nc(CNC(=O)c2c(N)c(C)nn2C)cs1. The van der Waals surface area contributed by atoms with Crippen LogP contribution in [-0.2, 0) is 13.6 Å². The van der Waals surface area contributed by atoms with Crippen LogP contribution in [0.3, 0.4) is 0 Å². The maximum atomic E-state index is 12.0. The zero-order chi connectivity index (χ0) is 13.3. The first-order chi connectivity index (χ1) is 8.49. The summed E-state index contributed by atoms with van der Waals surface area (Å²) < 4.78 is 1.49. The highest BCUT2D eigenvalue weighted by Crippen LogP contribution is 2.15. The van der Waals surface area contributed by atoms with Gasteiger partial charge in [0.1, 0.15) is 5.69 Å². The summed E-state index contributed by atoms with van der Waals surface area (Å²) in [5.41, 5.74) is 8.14. The number of nitrogens with zero attached hydrogens (tertiary/aromatic N) is 3. The summed E-state index contributed by atoms with van der Waals surface area (Å²) in [6, 6.07) is 0. The minimum atomic E-state index is -0.235. The van der Waals surface area contributed by atoms with Crippen molar-refractivity contribution in [3.63, 3.8) is 0 Å². The number of nitrogens with one attached hydrogen (secondary N) is 1. The molecule has 3 N–H and O–H groups in total. The molecule has 2 aromatic rings. The van der Waals surface area contributed by atoms with Crippen molar-refractivity contribution in [1.29, 1.82) is 0 Å². The number of aryl methyl sites for hydroxylation is 3. The number of thiazole rings is 1. The predicted molar refractivity (Wildman–Crippen MR) is 70.4 cm³/mol. The van der Waals surface area contributed by atoms with Crippen LogP contribution in [0.5, 0.6) is 0 Å². The van der Waals surface area contributed by atoms with Gasteiger partial charge < -0.3 is 11.1 Å². The van der Waals surface area contributed by atoms with E-state index < -0.39 is 0 Å². The Morgan fingerprint density at radius 3 is 2.78 bits per heavy atom. The van der Waals surface area contributed by atoms with E-state index in [1.165, 1.54) is 4.68 Å². The summed E-state index contributed by atoms with van der Waals surface area (Å²) in [4.78, 5) is 16.3. The highest BCUT2D eigenvalue weighted by Gasteiger charge is 2.17. The molecule has 2 rings (SSSR count). The highest BCUT2D eigenvalue weighted by atomic mass is 32.1. The van der Waals surface area contributed by atoms with Gasteiger partial charge in [0.25, 0.3) is 5.91 Å². The molecule has 0 aliphatic heterocycles. The number of carbonyl (C=O) groups is 1. The van der Waals surface area contributed by atoms with Gasteiger partial charge in [-0.15, -0.1) is 11.3 Å². The fourth-order valence-electron chi connectivity index (χ4n) is 1.69. The molecule has 0 aliphatic rings. The third kappa shape index (κ3) is 2.35. The minimum Gasteiger partial charge on any atom is -0.395 e. The van der Waals surface area contributed by atoms with Crippen molar-refractivity contribution >= 4 is 22.9 Å². The van der Waals surface area contributed by atoms with E-state index in [1.54, 1.807) is 25.3 Å². The fraction of sp³-hybridized carbons (Fsp3) is 0.364. The Morgan fingerprint density at radius 1 is 1.56 bits per heavy atom. The Kier molecular flexibility index (Phi) is 3.33. The van der Waals surface area contributed by atoms with Crippen molar-refractivity contribution in [2.24, 2.45) is 7.05 Å². The standard InChI is InChI=1S/C11H15N5OS/c1-6-9(12)10(16(3)15-6)11(17)13-4-8-5-18-7(2)14-8/h5H,4,12H2,1-3H3,(H,13,17). The first-order valence-electron chi connectivity index (χ1n) is 5.47. The molecule has 0 spiro atoms. The van der Waals surface area contributed by atoms with Crippen LogP contribution in [0.1, 0.15) is 26.9 Å². The Morgan fingerprint density at radius 2 is 2.28 bits per heavy atom. The average Bonchev–Trinajstić information content (AvgIpc) is 2.82. The Labute approximate surface area is 109 Å². The van der Waals surface area contributed by atoms with Gasteiger partial charge in [-0.2, -0.15) is 5.10 Å². The molecule has 2 heterocycles. The lowest BCUT2D eigenvalue weighted by Crippen LogP contribution is -2.26. The molecule has 0 aromatic carbocycles. The zero-order valence-corrected chi connectivity index (χ0v) is 11.3. The topological polar surface area (TPSA) is 85.8 Å². The Balaban J connectivity index is 2.08. The first-order valence-corrected chi connectivity index (χ1v) is 6.35. The van der Waals surface area contributed by atoms with Crippen LogP contribution in [0.2, 0.25) is 0 Å². The van der Waals surface area contributed by atoms with E-state index in [0.29, 0.717) is 23.6 Å². The maximum Gasteiger partial charge on any atom is 0.272 e. The molecule has 0 bridgehead atoms. The normalized spacial score (nSPS) is 10.6. The van der Waals surface area contributed by atoms with Gasteiger partial charge in [0.05, 0.1) is 28.6 Å². The number of amides is 1. The summed E-state index contributed by atoms with van der Waals surface area (Å²) in [6.45, 7) is 4.10. The molecule has 7 heteroatoms. The van der Waals surface area contributed by atoms with Gasteiger partial charge in [0.2, 0.25) is 0 Å². The van der Waals surface area contributed by atoms with E-state index in [1.807, 2.05) is 12.3 Å². The van der Waals surface area contributed by atoms with Gasteiger partial charge in [-0.05, 0) is 13.8 Å². The molecule has 2 aromatic heterocycles. The van der Waals surface area contributed by atoms with E-state index in [-0.39, 0.29) is 5.91 Å². The lowest BCUT2D eigenvalue weighted by molar-refractivity contribution is 0.0942. The molecule has 0 atom stereocenters. The van der Waals surface area contributed by atoms with E-state index in [2.05, 4.69) is 15.4 Å². The van der Waals surface area contributed by atoms with Crippen LogP contribution < -0.4 is 11.1 Å². The Hall–Kier alpha value is -1.89. The molecule has 96 valence electrons. The van der Waals surface area contributed by atoms with E-state index >= 15 is 0 Å². The molecule has 0 fully saturated rings. The van der Waals surface area contributed by atoms with E-state index in [4.69, 9.17) is 5.73 Å². The van der Waals surface area contributed by atoms with Crippen molar-refractivity contribution < 1.29 is 4.79 Å². The lowest BCUT2D eigenvalue weighted by atomic mass is 10.3. The smallest absolute Gasteiger partial charge is 0.272 e. The predicted octanol–water partition coefficient (Wildman–Crippen LogP) is 1.01. The average molecular weight is 265 g/mol. The molecule has 0 aliphatic carbocycles. The molecule has 18 heavy (non-hydrogen) atoms. The summed E-state index contributed by atoms with van der Waals surface area (Å²) >= 11 is 1.56. The number of anilines is 1. The van der Waals surface area contributed by atoms with Gasteiger partial charge >= 0.3 is 0 Å². The van der Waals surface area contributed by atoms with Crippen LogP contribution in [0, 0.1) is 13.8 Å². The summed E-state index contributed by atoms with van der Waals surface area (Å²) in [5.74, 6) is -0.235. The number of aromatic nitrogens is 3. The van der Waals surface area contributed by atoms with Gasteiger partial charge in [0, 0.05) is 12.4 Å². The molecule has 0 saturated carbocycles. The van der Waals surface area contributed by atoms with Crippen molar-refractivity contribution in [2.75, 3.05) is 5.73 Å². The van der Waals surface area contributed by atoms with Crippen LogP contribution in [0.25, 0.3) is 0 Å². The molecular weight excluding hydrogens is 250 g/mol. The molecule has 1 amide bonds. The number of hydrogen-bond acceptors (Lipinski definition) is 5. The van der Waals surface area contributed by atoms with Crippen LogP contribution in [0.4, 0.5) is 5.69 Å². The van der Waals surface area contributed by atoms with Gasteiger partial charge in [0.15, 0.2) is 0 Å². The highest BCUT2D eigenvalue weighted by molar-refractivity contribution is 7.09. The fourth-order valence-corrected chi connectivity index (χ4v) is 2.30. The van der Waals surface area contributed by atoms with Crippen molar-refractivity contribution in [3.8, 4) is 0 Å². The van der Waals surface area contributed by atoms with Crippen molar-refractivity contribution in [3.05, 3.63) is 27.5 Å². The second kappa shape index (κ2) is 4.77. The van der Waals surface area contributed by atoms with Crippen molar-refractivity contribution in [1.82, 2.24) is 20.1 Å². The molecule has 6 nitrogen and oxygen atoms in total. The summed E-state index contributed by atoms with van der Waals surface area (Å²) in [7, 11) is 1.70. The minimum absolute atomic E-state index is 0.235. The summed E-state index contributed by atoms with van der Waals surface area (Å²) in [6.07, 6.45) is 0. The second-order valence-corrected chi connectivity index (χ2v) is 5.07. The van der Waals surface area contributed by atoms with E-state index in [0.717, 1.165) is 10.7 Å². The molecule has 0 radical (unpaired) electrons. The number of hydrogen-bond donors (Lipinski definition) is 2. The van der Waals surface area contributed by atoms with Crippen molar-refractivity contribution in [2.45, 2.75) is 20.4 Å². The van der Waals surface area contributed by atoms with Gasteiger partial charge in [-0.1, -0.05) is 0 Å². The van der Waals surface area contributed by atoms with Crippen LogP contribution in [-0.4, -0.2) is 20.7 Å². The van der Waals surface area contributed by atoms with Gasteiger partial charge in [-0.3, -0.25) is 9.48 Å². The maximum absolute atomic E-state index is 12.0. The first kappa shape index (κ1) is 12.6. The third-order valence-electron chi connectivity index (χ3n) is 2.58. The Bertz CT molecular complexity index is 586. The second-order valence-electron chi connectivity index (χ2n) is 4.01. The van der Waals surface area contributed by atoms with E-state index in [9.17, 15) is 4.79 Å². The number of carbonyl (C=O) groups excluding carboxylic acids is 1. The van der Waals surface area contributed by atoms with Crippen LogP contribution >= 0.6 is 11.3 Å². The lowest BCUT2D eigenvalue weighted by Gasteiger charge is -2.04. The molecular formula is C11H15N5OS. The molecule has 0 saturated heterocycles.